The molecule has 0 fully saturated rings. The number of hydrogen-bond donors (Lipinski definition) is 2. The van der Waals surface area contributed by atoms with Gasteiger partial charge in [0.05, 0.1) is 0 Å². The number of rotatable bonds is 3. The minimum absolute atomic E-state index is 0.208. The topological polar surface area (TPSA) is 58.2 Å². The zero-order valence-corrected chi connectivity index (χ0v) is 8.81. The summed E-state index contributed by atoms with van der Waals surface area (Å²) >= 11 is 5.45. The van der Waals surface area contributed by atoms with Crippen molar-refractivity contribution < 1.29 is 9.59 Å². The maximum Gasteiger partial charge on any atom is 0.256 e. The zero-order valence-electron chi connectivity index (χ0n) is 8.06. The molecule has 2 amide bonds. The quantitative estimate of drug-likeness (QED) is 0.530. The van der Waals surface area contributed by atoms with Crippen LogP contribution in [-0.4, -0.2) is 17.2 Å². The molecule has 0 aliphatic heterocycles. The molecule has 0 bridgehead atoms. The molecule has 0 radical (unpaired) electrons. The molecule has 0 heterocycles. The lowest BCUT2D eigenvalue weighted by Gasteiger charge is -2.09. The highest BCUT2D eigenvalue weighted by Crippen LogP contribution is 1.97. The van der Waals surface area contributed by atoms with Crippen molar-refractivity contribution in [2.75, 3.05) is 0 Å². The number of carbonyl (C=O) groups excluding carboxylic acids is 2. The Labute approximate surface area is 83.0 Å². The molecule has 5 heteroatoms. The third-order valence-corrected chi connectivity index (χ3v) is 1.48. The molecule has 2 N–H and O–H groups in total. The van der Waals surface area contributed by atoms with Gasteiger partial charge in [0.2, 0.25) is 5.91 Å². The third kappa shape index (κ3) is 6.40. The summed E-state index contributed by atoms with van der Waals surface area (Å²) in [5.74, 6) is -0.343. The number of nitrogens with one attached hydrogen (secondary N) is 2. The molecule has 0 spiro atoms. The number of alkyl halides is 1. The second kappa shape index (κ2) is 5.80. The van der Waals surface area contributed by atoms with Gasteiger partial charge in [-0.2, -0.15) is 0 Å². The molecule has 0 aromatic rings. The molecule has 1 unspecified atom stereocenters. The van der Waals surface area contributed by atoms with Crippen molar-refractivity contribution in [2.24, 2.45) is 5.92 Å². The summed E-state index contributed by atoms with van der Waals surface area (Å²) in [4.78, 5) is 21.9. The van der Waals surface area contributed by atoms with E-state index in [0.717, 1.165) is 0 Å². The predicted molar refractivity (Wildman–Crippen MR) is 51.1 cm³/mol. The molecule has 0 saturated carbocycles. The van der Waals surface area contributed by atoms with E-state index in [1.165, 1.54) is 6.92 Å². The average Bonchev–Trinajstić information content (AvgIpc) is 1.98. The van der Waals surface area contributed by atoms with Crippen LogP contribution in [0.1, 0.15) is 27.2 Å². The van der Waals surface area contributed by atoms with Crippen LogP contribution >= 0.6 is 11.6 Å². The molecule has 0 rings (SSSR count). The minimum Gasteiger partial charge on any atom is -0.273 e. The van der Waals surface area contributed by atoms with Crippen molar-refractivity contribution in [3.05, 3.63) is 0 Å². The van der Waals surface area contributed by atoms with E-state index in [0.29, 0.717) is 6.42 Å². The van der Waals surface area contributed by atoms with E-state index in [2.05, 4.69) is 10.9 Å². The van der Waals surface area contributed by atoms with E-state index in [9.17, 15) is 9.59 Å². The molecule has 0 aromatic heterocycles. The second-order valence-electron chi connectivity index (χ2n) is 3.25. The van der Waals surface area contributed by atoms with E-state index >= 15 is 0 Å². The maximum atomic E-state index is 11.0. The monoisotopic (exact) mass is 206 g/mol. The van der Waals surface area contributed by atoms with Gasteiger partial charge >= 0.3 is 0 Å². The summed E-state index contributed by atoms with van der Waals surface area (Å²) in [5.41, 5.74) is 4.49. The van der Waals surface area contributed by atoms with Crippen molar-refractivity contribution >= 4 is 23.4 Å². The van der Waals surface area contributed by atoms with Crippen molar-refractivity contribution in [2.45, 2.75) is 32.6 Å². The summed E-state index contributed by atoms with van der Waals surface area (Å²) in [6.45, 7) is 5.38. The van der Waals surface area contributed by atoms with Gasteiger partial charge in [0.1, 0.15) is 5.38 Å². The number of amides is 2. The molecule has 13 heavy (non-hydrogen) atoms. The van der Waals surface area contributed by atoms with E-state index in [1.807, 2.05) is 13.8 Å². The van der Waals surface area contributed by atoms with Gasteiger partial charge in [0.25, 0.3) is 5.91 Å². The summed E-state index contributed by atoms with van der Waals surface area (Å²) in [7, 11) is 0. The van der Waals surface area contributed by atoms with Gasteiger partial charge in [0, 0.05) is 6.42 Å². The molecule has 4 nitrogen and oxygen atoms in total. The predicted octanol–water partition coefficient (Wildman–Crippen LogP) is 0.807. The average molecular weight is 207 g/mol. The number of hydrogen-bond acceptors (Lipinski definition) is 2. The van der Waals surface area contributed by atoms with Gasteiger partial charge in [-0.1, -0.05) is 13.8 Å². The molecule has 0 aliphatic rings. The van der Waals surface area contributed by atoms with Crippen molar-refractivity contribution in [1.82, 2.24) is 10.9 Å². The Morgan fingerprint density at radius 2 is 1.77 bits per heavy atom. The van der Waals surface area contributed by atoms with Crippen LogP contribution in [0.3, 0.4) is 0 Å². The van der Waals surface area contributed by atoms with Crippen LogP contribution in [0.4, 0.5) is 0 Å². The van der Waals surface area contributed by atoms with Crippen LogP contribution < -0.4 is 10.9 Å². The second-order valence-corrected chi connectivity index (χ2v) is 3.91. The van der Waals surface area contributed by atoms with Crippen LogP contribution in [0.5, 0.6) is 0 Å². The lowest BCUT2D eigenvalue weighted by atomic mass is 10.1. The minimum atomic E-state index is -0.639. The van der Waals surface area contributed by atoms with Gasteiger partial charge in [-0.15, -0.1) is 11.6 Å². The fourth-order valence-corrected chi connectivity index (χ4v) is 0.707. The van der Waals surface area contributed by atoms with E-state index in [-0.39, 0.29) is 11.8 Å². The summed E-state index contributed by atoms with van der Waals surface area (Å²) in [5, 5.41) is -0.639. The Morgan fingerprint density at radius 3 is 2.15 bits per heavy atom. The highest BCUT2D eigenvalue weighted by molar-refractivity contribution is 6.30. The van der Waals surface area contributed by atoms with E-state index < -0.39 is 11.3 Å². The zero-order chi connectivity index (χ0) is 10.4. The smallest absolute Gasteiger partial charge is 0.256 e. The van der Waals surface area contributed by atoms with Crippen LogP contribution in [0, 0.1) is 5.92 Å². The van der Waals surface area contributed by atoms with Crippen molar-refractivity contribution in [3.63, 3.8) is 0 Å². The van der Waals surface area contributed by atoms with Gasteiger partial charge in [-0.25, -0.2) is 0 Å². The molecule has 0 aliphatic carbocycles. The van der Waals surface area contributed by atoms with Crippen molar-refractivity contribution in [3.8, 4) is 0 Å². The van der Waals surface area contributed by atoms with Gasteiger partial charge < -0.3 is 0 Å². The summed E-state index contributed by atoms with van der Waals surface area (Å²) in [6, 6.07) is 0. The molecule has 0 saturated heterocycles. The summed E-state index contributed by atoms with van der Waals surface area (Å²) < 4.78 is 0. The van der Waals surface area contributed by atoms with Gasteiger partial charge in [-0.3, -0.25) is 20.4 Å². The summed E-state index contributed by atoms with van der Waals surface area (Å²) in [6.07, 6.45) is 0.386. The Kier molecular flexibility index (Phi) is 5.46. The first-order valence-corrected chi connectivity index (χ1v) is 4.60. The molecular weight excluding hydrogens is 192 g/mol. The third-order valence-electron chi connectivity index (χ3n) is 1.28. The first kappa shape index (κ1) is 12.2. The fraction of sp³-hybridized carbons (Fsp3) is 0.750. The van der Waals surface area contributed by atoms with Crippen LogP contribution in [-0.2, 0) is 9.59 Å². The standard InChI is InChI=1S/C8H15ClN2O2/c1-5(2)4-7(12)10-11-8(13)6(3)9/h5-6H,4H2,1-3H3,(H,10,12)(H,11,13). The van der Waals surface area contributed by atoms with Crippen LogP contribution in [0.2, 0.25) is 0 Å². The highest BCUT2D eigenvalue weighted by atomic mass is 35.5. The maximum absolute atomic E-state index is 11.0. The van der Waals surface area contributed by atoms with E-state index in [1.54, 1.807) is 0 Å². The normalized spacial score (nSPS) is 12.4. The van der Waals surface area contributed by atoms with E-state index in [4.69, 9.17) is 11.6 Å². The first-order valence-electron chi connectivity index (χ1n) is 4.16. The molecule has 1 atom stereocenters. The molecule has 0 aromatic carbocycles. The number of carbonyl (C=O) groups is 2. The first-order chi connectivity index (χ1) is 5.93. The Morgan fingerprint density at radius 1 is 1.23 bits per heavy atom. The number of hydrazine groups is 1. The van der Waals surface area contributed by atoms with Crippen molar-refractivity contribution in [1.29, 1.82) is 0 Å². The lowest BCUT2D eigenvalue weighted by molar-refractivity contribution is -0.128. The molecule has 76 valence electrons. The van der Waals surface area contributed by atoms with Gasteiger partial charge in [-0.05, 0) is 12.8 Å². The Bertz CT molecular complexity index is 193. The van der Waals surface area contributed by atoms with Crippen LogP contribution in [0.25, 0.3) is 0 Å². The number of halogens is 1. The fourth-order valence-electron chi connectivity index (χ4n) is 0.653. The van der Waals surface area contributed by atoms with Crippen LogP contribution in [0.15, 0.2) is 0 Å². The SMILES string of the molecule is CC(C)CC(=O)NNC(=O)C(C)Cl. The Balaban J connectivity index is 3.64. The lowest BCUT2D eigenvalue weighted by Crippen LogP contribution is -2.44. The molecular formula is C8H15ClN2O2. The largest absolute Gasteiger partial charge is 0.273 e. The highest BCUT2D eigenvalue weighted by Gasteiger charge is 2.10. The Hall–Kier alpha value is -0.770. The van der Waals surface area contributed by atoms with Gasteiger partial charge in [0.15, 0.2) is 0 Å².